The number of halogens is 1. The lowest BCUT2D eigenvalue weighted by Gasteiger charge is -2.28. The third kappa shape index (κ3) is 4.34. The van der Waals surface area contributed by atoms with E-state index in [0.29, 0.717) is 18.8 Å². The van der Waals surface area contributed by atoms with Crippen LogP contribution in [0.15, 0.2) is 24.3 Å². The van der Waals surface area contributed by atoms with E-state index in [1.54, 1.807) is 29.2 Å². The predicted octanol–water partition coefficient (Wildman–Crippen LogP) is 1.22. The summed E-state index contributed by atoms with van der Waals surface area (Å²) in [6, 6.07) is 6.86. The highest BCUT2D eigenvalue weighted by atomic mass is 35.5. The Labute approximate surface area is 139 Å². The molecule has 2 amide bonds. The molecule has 1 saturated heterocycles. The summed E-state index contributed by atoms with van der Waals surface area (Å²) in [5, 5.41) is 9.68. The predicted molar refractivity (Wildman–Crippen MR) is 86.1 cm³/mol. The third-order valence-electron chi connectivity index (χ3n) is 3.43. The van der Waals surface area contributed by atoms with Gasteiger partial charge in [-0.05, 0) is 24.3 Å². The molecule has 1 aromatic carbocycles. The van der Waals surface area contributed by atoms with Gasteiger partial charge in [0, 0.05) is 17.9 Å². The Kier molecular flexibility index (Phi) is 6.20. The van der Waals surface area contributed by atoms with Gasteiger partial charge in [-0.1, -0.05) is 0 Å². The number of hydrogen-bond donors (Lipinski definition) is 1. The minimum Gasteiger partial charge on any atom is -0.452 e. The molecule has 1 aromatic rings. The number of aliphatic hydroxyl groups excluding tert-OH is 1. The molecule has 1 N–H and O–H groups in total. The van der Waals surface area contributed by atoms with Gasteiger partial charge in [0.15, 0.2) is 0 Å². The normalized spacial score (nSPS) is 16.1. The Bertz CT molecular complexity index is 551. The summed E-state index contributed by atoms with van der Waals surface area (Å²) in [5.74, 6) is -0.0974. The van der Waals surface area contributed by atoms with Crippen molar-refractivity contribution in [2.75, 3.05) is 49.1 Å². The molecular formula is C15H19ClN2O5. The van der Waals surface area contributed by atoms with Crippen molar-refractivity contribution in [2.45, 2.75) is 6.10 Å². The fourth-order valence-corrected chi connectivity index (χ4v) is 2.36. The van der Waals surface area contributed by atoms with Crippen LogP contribution in [0.25, 0.3) is 0 Å². The molecule has 8 heteroatoms. The molecule has 0 unspecified atom stereocenters. The first-order chi connectivity index (χ1) is 11.1. The van der Waals surface area contributed by atoms with Crippen molar-refractivity contribution in [3.63, 3.8) is 0 Å². The number of amides is 2. The molecule has 23 heavy (non-hydrogen) atoms. The minimum atomic E-state index is -0.865. The summed E-state index contributed by atoms with van der Waals surface area (Å²) in [6.45, 7) is 1.07. The van der Waals surface area contributed by atoms with E-state index in [4.69, 9.17) is 21.1 Å². The van der Waals surface area contributed by atoms with Crippen molar-refractivity contribution in [3.05, 3.63) is 24.3 Å². The molecule has 2 rings (SSSR count). The maximum Gasteiger partial charge on any atom is 0.414 e. The summed E-state index contributed by atoms with van der Waals surface area (Å²) in [7, 11) is 1.27. The number of ether oxygens (including phenoxy) is 2. The van der Waals surface area contributed by atoms with Crippen molar-refractivity contribution in [2.24, 2.45) is 0 Å². The SMILES string of the molecule is COC(=O)N(C[C@@H](O)CCl)c1ccc(N2CCOCC2=O)cc1. The molecule has 1 atom stereocenters. The van der Waals surface area contributed by atoms with Crippen LogP contribution in [0.1, 0.15) is 0 Å². The summed E-state index contributed by atoms with van der Waals surface area (Å²) in [4.78, 5) is 26.6. The average Bonchev–Trinajstić information content (AvgIpc) is 2.59. The molecule has 7 nitrogen and oxygen atoms in total. The van der Waals surface area contributed by atoms with E-state index < -0.39 is 12.2 Å². The van der Waals surface area contributed by atoms with Gasteiger partial charge in [-0.25, -0.2) is 4.79 Å². The molecule has 0 radical (unpaired) electrons. The molecule has 0 bridgehead atoms. The highest BCUT2D eigenvalue weighted by molar-refractivity contribution is 6.18. The fraction of sp³-hybridized carbons (Fsp3) is 0.467. The van der Waals surface area contributed by atoms with Gasteiger partial charge >= 0.3 is 6.09 Å². The first-order valence-electron chi connectivity index (χ1n) is 7.14. The largest absolute Gasteiger partial charge is 0.452 e. The quantitative estimate of drug-likeness (QED) is 0.814. The van der Waals surface area contributed by atoms with Gasteiger partial charge in [-0.2, -0.15) is 0 Å². The summed E-state index contributed by atoms with van der Waals surface area (Å²) in [6.07, 6.45) is -1.46. The van der Waals surface area contributed by atoms with Gasteiger partial charge in [0.25, 0.3) is 5.91 Å². The van der Waals surface area contributed by atoms with Crippen LogP contribution in [-0.2, 0) is 14.3 Å². The lowest BCUT2D eigenvalue weighted by Crippen LogP contribution is -2.41. The van der Waals surface area contributed by atoms with Gasteiger partial charge in [0.1, 0.15) is 6.61 Å². The smallest absolute Gasteiger partial charge is 0.414 e. The van der Waals surface area contributed by atoms with Crippen molar-refractivity contribution in [1.29, 1.82) is 0 Å². The van der Waals surface area contributed by atoms with Gasteiger partial charge in [-0.15, -0.1) is 11.6 Å². The van der Waals surface area contributed by atoms with Crippen molar-refractivity contribution in [3.8, 4) is 0 Å². The van der Waals surface area contributed by atoms with Crippen LogP contribution in [0.3, 0.4) is 0 Å². The van der Waals surface area contributed by atoms with Gasteiger partial charge < -0.3 is 19.5 Å². The van der Waals surface area contributed by atoms with E-state index in [9.17, 15) is 14.7 Å². The number of alkyl halides is 1. The topological polar surface area (TPSA) is 79.3 Å². The van der Waals surface area contributed by atoms with Crippen LogP contribution in [0.4, 0.5) is 16.2 Å². The Balaban J connectivity index is 2.17. The minimum absolute atomic E-state index is 0.00780. The summed E-state index contributed by atoms with van der Waals surface area (Å²) < 4.78 is 9.82. The first kappa shape index (κ1) is 17.5. The van der Waals surface area contributed by atoms with Gasteiger partial charge in [0.05, 0.1) is 32.2 Å². The van der Waals surface area contributed by atoms with E-state index >= 15 is 0 Å². The maximum atomic E-state index is 11.9. The average molecular weight is 343 g/mol. The van der Waals surface area contributed by atoms with Gasteiger partial charge in [0.2, 0.25) is 0 Å². The molecule has 1 fully saturated rings. The second kappa shape index (κ2) is 8.14. The van der Waals surface area contributed by atoms with E-state index in [0.717, 1.165) is 5.69 Å². The Hall–Kier alpha value is -1.83. The monoisotopic (exact) mass is 342 g/mol. The van der Waals surface area contributed by atoms with Crippen molar-refractivity contribution in [1.82, 2.24) is 0 Å². The second-order valence-electron chi connectivity index (χ2n) is 5.00. The van der Waals surface area contributed by atoms with Crippen LogP contribution in [0.2, 0.25) is 0 Å². The van der Waals surface area contributed by atoms with Gasteiger partial charge in [-0.3, -0.25) is 9.69 Å². The summed E-state index contributed by atoms with van der Waals surface area (Å²) in [5.41, 5.74) is 1.27. The zero-order valence-electron chi connectivity index (χ0n) is 12.8. The first-order valence-corrected chi connectivity index (χ1v) is 7.68. The lowest BCUT2D eigenvalue weighted by molar-refractivity contribution is -0.125. The fourth-order valence-electron chi connectivity index (χ4n) is 2.26. The van der Waals surface area contributed by atoms with Crippen LogP contribution < -0.4 is 9.80 Å². The number of aliphatic hydroxyl groups is 1. The number of nitrogens with zero attached hydrogens (tertiary/aromatic N) is 2. The number of methoxy groups -OCH3 is 1. The van der Waals surface area contributed by atoms with E-state index in [-0.39, 0.29) is 24.9 Å². The van der Waals surface area contributed by atoms with E-state index in [2.05, 4.69) is 0 Å². The third-order valence-corrected chi connectivity index (χ3v) is 3.78. The number of morpholine rings is 1. The standard InChI is InChI=1S/C15H19ClN2O5/c1-22-15(21)18(9-13(19)8-16)12-4-2-11(3-5-12)17-6-7-23-10-14(17)20/h2-5,13,19H,6-10H2,1H3/t13-/m0/s1. The van der Waals surface area contributed by atoms with E-state index in [1.165, 1.54) is 12.0 Å². The molecular weight excluding hydrogens is 324 g/mol. The van der Waals surface area contributed by atoms with Crippen LogP contribution >= 0.6 is 11.6 Å². The molecule has 126 valence electrons. The van der Waals surface area contributed by atoms with Crippen LogP contribution in [0.5, 0.6) is 0 Å². The number of hydrogen-bond acceptors (Lipinski definition) is 5. The van der Waals surface area contributed by atoms with Crippen LogP contribution in [-0.4, -0.2) is 62.5 Å². The van der Waals surface area contributed by atoms with Crippen LogP contribution in [0, 0.1) is 0 Å². The molecule has 1 aliphatic rings. The lowest BCUT2D eigenvalue weighted by atomic mass is 10.2. The number of anilines is 2. The van der Waals surface area contributed by atoms with E-state index in [1.807, 2.05) is 0 Å². The zero-order chi connectivity index (χ0) is 16.8. The molecule has 0 aromatic heterocycles. The summed E-state index contributed by atoms with van der Waals surface area (Å²) >= 11 is 5.59. The number of rotatable bonds is 5. The highest BCUT2D eigenvalue weighted by Crippen LogP contribution is 2.23. The molecule has 1 aliphatic heterocycles. The zero-order valence-corrected chi connectivity index (χ0v) is 13.5. The Morgan fingerprint density at radius 1 is 1.48 bits per heavy atom. The molecule has 0 saturated carbocycles. The molecule has 1 heterocycles. The Morgan fingerprint density at radius 3 is 2.74 bits per heavy atom. The highest BCUT2D eigenvalue weighted by Gasteiger charge is 2.22. The Morgan fingerprint density at radius 2 is 2.17 bits per heavy atom. The molecule has 0 aliphatic carbocycles. The van der Waals surface area contributed by atoms with Crippen molar-refractivity contribution < 1.29 is 24.2 Å². The number of carbonyl (C=O) groups is 2. The van der Waals surface area contributed by atoms with Crippen molar-refractivity contribution >= 4 is 35.0 Å². The number of benzene rings is 1. The maximum absolute atomic E-state index is 11.9. The number of carbonyl (C=O) groups excluding carboxylic acids is 2. The molecule has 0 spiro atoms. The second-order valence-corrected chi connectivity index (χ2v) is 5.31.